The molecule has 2 N–H and O–H groups in total. The van der Waals surface area contributed by atoms with Gasteiger partial charge in [-0.3, -0.25) is 4.72 Å². The van der Waals surface area contributed by atoms with Crippen LogP contribution in [-0.4, -0.2) is 36.1 Å². The molecule has 204 valence electrons. The van der Waals surface area contributed by atoms with E-state index in [2.05, 4.69) is 26.8 Å². The predicted octanol–water partition coefficient (Wildman–Crippen LogP) is 6.49. The van der Waals surface area contributed by atoms with E-state index in [-0.39, 0.29) is 27.8 Å². The Morgan fingerprint density at radius 2 is 1.82 bits per heavy atom. The summed E-state index contributed by atoms with van der Waals surface area (Å²) in [6.07, 6.45) is -3.31. The van der Waals surface area contributed by atoms with Crippen molar-refractivity contribution in [1.29, 1.82) is 0 Å². The van der Waals surface area contributed by atoms with Gasteiger partial charge >= 0.3 is 6.18 Å². The Labute approximate surface area is 222 Å². The Kier molecular flexibility index (Phi) is 7.66. The summed E-state index contributed by atoms with van der Waals surface area (Å²) in [6.45, 7) is 4.06. The molecule has 0 fully saturated rings. The molecule has 2 heterocycles. The van der Waals surface area contributed by atoms with Crippen molar-refractivity contribution in [1.82, 2.24) is 15.0 Å². The van der Waals surface area contributed by atoms with Crippen LogP contribution in [-0.2, 0) is 10.0 Å². The lowest BCUT2D eigenvalue weighted by Crippen LogP contribution is -2.22. The first kappa shape index (κ1) is 28.0. The van der Waals surface area contributed by atoms with Crippen LogP contribution in [0.3, 0.4) is 0 Å². The number of nitrogens with zero attached hydrogens (tertiary/aromatic N) is 3. The van der Waals surface area contributed by atoms with Crippen molar-refractivity contribution in [3.05, 3.63) is 77.7 Å². The highest BCUT2D eigenvalue weighted by Gasteiger charge is 2.28. The maximum atomic E-state index is 15.7. The Bertz CT molecular complexity index is 1670. The van der Waals surface area contributed by atoms with Gasteiger partial charge in [0, 0.05) is 11.8 Å². The summed E-state index contributed by atoms with van der Waals surface area (Å²) in [4.78, 5) is 11.4. The van der Waals surface area contributed by atoms with Crippen LogP contribution in [0.25, 0.3) is 27.4 Å². The first-order valence-corrected chi connectivity index (χ1v) is 13.1. The van der Waals surface area contributed by atoms with Gasteiger partial charge in [0.05, 0.1) is 22.0 Å². The zero-order chi connectivity index (χ0) is 28.5. The minimum absolute atomic E-state index is 0.00560. The number of allylic oxidation sites excluding steroid dienone is 1. The fraction of sp³-hybridized carbons (Fsp3) is 0.125. The number of hydrogen-bond donors (Lipinski definition) is 2. The van der Waals surface area contributed by atoms with Gasteiger partial charge in [0.2, 0.25) is 5.95 Å². The molecular formula is C24H17F6N5O2S2. The van der Waals surface area contributed by atoms with E-state index in [4.69, 9.17) is 0 Å². The highest BCUT2D eigenvalue weighted by Crippen LogP contribution is 2.40. The maximum absolute atomic E-state index is 15.7. The number of aromatic nitrogens is 3. The van der Waals surface area contributed by atoms with Crippen LogP contribution < -0.4 is 10.0 Å². The van der Waals surface area contributed by atoms with Gasteiger partial charge in [-0.05, 0) is 48.9 Å². The molecule has 0 aliphatic rings. The second-order valence-electron chi connectivity index (χ2n) is 8.06. The molecule has 0 aliphatic carbocycles. The van der Waals surface area contributed by atoms with Crippen LogP contribution in [0.5, 0.6) is 0 Å². The number of benzene rings is 2. The first-order valence-electron chi connectivity index (χ1n) is 10.8. The molecule has 0 radical (unpaired) electrons. The average Bonchev–Trinajstić information content (AvgIpc) is 3.31. The molecule has 0 amide bonds. The molecule has 7 nitrogen and oxygen atoms in total. The molecule has 4 rings (SSSR count). The Hall–Kier alpha value is -3.98. The van der Waals surface area contributed by atoms with Crippen molar-refractivity contribution < 1.29 is 34.8 Å². The Balaban J connectivity index is 1.78. The van der Waals surface area contributed by atoms with Gasteiger partial charge in [-0.1, -0.05) is 12.6 Å². The lowest BCUT2D eigenvalue weighted by Gasteiger charge is -2.12. The number of alkyl halides is 3. The van der Waals surface area contributed by atoms with Crippen molar-refractivity contribution in [2.24, 2.45) is 0 Å². The van der Waals surface area contributed by atoms with E-state index in [0.29, 0.717) is 22.7 Å². The van der Waals surface area contributed by atoms with Gasteiger partial charge in [-0.15, -0.1) is 11.3 Å². The molecule has 0 saturated heterocycles. The minimum Gasteiger partial charge on any atom is -0.345 e. The molecule has 39 heavy (non-hydrogen) atoms. The lowest BCUT2D eigenvalue weighted by molar-refractivity contribution is -0.115. The third-order valence-electron chi connectivity index (χ3n) is 5.01. The number of hydrogen-bond acceptors (Lipinski definition) is 7. The van der Waals surface area contributed by atoms with Crippen molar-refractivity contribution in [2.75, 3.05) is 16.6 Å². The SMILES string of the molecule is C=C(C)c1nc(-c2cccc(NS(=O)(=O)c3cc(F)ccc3F)c2F)c(-c2ccnc(NCC(F)(F)F)n2)s1. The summed E-state index contributed by atoms with van der Waals surface area (Å²) >= 11 is 1.03. The molecule has 2 aromatic carbocycles. The van der Waals surface area contributed by atoms with Crippen LogP contribution >= 0.6 is 11.3 Å². The molecule has 0 bridgehead atoms. The van der Waals surface area contributed by atoms with E-state index in [9.17, 15) is 30.4 Å². The van der Waals surface area contributed by atoms with E-state index in [1.807, 2.05) is 4.72 Å². The smallest absolute Gasteiger partial charge is 0.345 e. The molecule has 2 aromatic heterocycles. The fourth-order valence-electron chi connectivity index (χ4n) is 3.28. The standard InChI is InChI=1S/C24H17F6N5O2S2/c1-12(2)22-34-20(21(38-22)17-8-9-31-23(33-17)32-11-24(28,29)30)14-4-3-5-16(19(14)27)35-39(36,37)18-10-13(25)6-7-15(18)26/h3-10,35H,1,11H2,2H3,(H,31,32,33). The average molecular weight is 586 g/mol. The number of halogens is 6. The third kappa shape index (κ3) is 6.37. The molecular weight excluding hydrogens is 568 g/mol. The van der Waals surface area contributed by atoms with Crippen molar-refractivity contribution in [3.63, 3.8) is 0 Å². The molecule has 0 unspecified atom stereocenters. The van der Waals surface area contributed by atoms with E-state index in [1.54, 1.807) is 6.92 Å². The van der Waals surface area contributed by atoms with Crippen LogP contribution in [0.4, 0.5) is 38.0 Å². The summed E-state index contributed by atoms with van der Waals surface area (Å²) in [5, 5.41) is 2.42. The molecule has 0 saturated carbocycles. The van der Waals surface area contributed by atoms with E-state index in [1.165, 1.54) is 24.4 Å². The fourth-order valence-corrected chi connectivity index (χ4v) is 5.41. The van der Waals surface area contributed by atoms with Crippen molar-refractivity contribution in [2.45, 2.75) is 18.0 Å². The summed E-state index contributed by atoms with van der Waals surface area (Å²) < 4.78 is 109. The predicted molar refractivity (Wildman–Crippen MR) is 135 cm³/mol. The molecule has 4 aromatic rings. The van der Waals surface area contributed by atoms with E-state index in [0.717, 1.165) is 23.5 Å². The second-order valence-corrected chi connectivity index (χ2v) is 10.7. The molecule has 15 heteroatoms. The number of anilines is 2. The Morgan fingerprint density at radius 3 is 2.51 bits per heavy atom. The number of thiazole rings is 1. The minimum atomic E-state index is -4.74. The summed E-state index contributed by atoms with van der Waals surface area (Å²) in [7, 11) is -4.74. The maximum Gasteiger partial charge on any atom is 0.405 e. The normalized spacial score (nSPS) is 11.9. The third-order valence-corrected chi connectivity index (χ3v) is 7.63. The van der Waals surface area contributed by atoms with Gasteiger partial charge in [-0.25, -0.2) is 36.5 Å². The number of rotatable bonds is 8. The molecule has 0 aliphatic heterocycles. The zero-order valence-corrected chi connectivity index (χ0v) is 21.4. The van der Waals surface area contributed by atoms with Gasteiger partial charge < -0.3 is 5.32 Å². The highest BCUT2D eigenvalue weighted by atomic mass is 32.2. The monoisotopic (exact) mass is 585 g/mol. The molecule has 0 spiro atoms. The van der Waals surface area contributed by atoms with E-state index < -0.39 is 50.8 Å². The van der Waals surface area contributed by atoms with Crippen LogP contribution in [0.2, 0.25) is 0 Å². The topological polar surface area (TPSA) is 96.9 Å². The van der Waals surface area contributed by atoms with Crippen LogP contribution in [0.1, 0.15) is 11.9 Å². The van der Waals surface area contributed by atoms with Crippen molar-refractivity contribution >= 4 is 38.6 Å². The summed E-state index contributed by atoms with van der Waals surface area (Å²) in [5.74, 6) is -3.69. The van der Waals surface area contributed by atoms with Gasteiger partial charge in [0.25, 0.3) is 10.0 Å². The second kappa shape index (κ2) is 10.6. The lowest BCUT2D eigenvalue weighted by atomic mass is 10.1. The highest BCUT2D eigenvalue weighted by molar-refractivity contribution is 7.92. The quantitative estimate of drug-likeness (QED) is 0.230. The summed E-state index contributed by atoms with van der Waals surface area (Å²) in [6, 6.07) is 6.86. The summed E-state index contributed by atoms with van der Waals surface area (Å²) in [5.41, 5.74) is -0.175. The van der Waals surface area contributed by atoms with E-state index >= 15 is 4.39 Å². The largest absolute Gasteiger partial charge is 0.405 e. The number of sulfonamides is 1. The van der Waals surface area contributed by atoms with Gasteiger partial charge in [0.15, 0.2) is 5.82 Å². The van der Waals surface area contributed by atoms with Crippen LogP contribution in [0.15, 0.2) is 60.1 Å². The van der Waals surface area contributed by atoms with Gasteiger partial charge in [-0.2, -0.15) is 13.2 Å². The van der Waals surface area contributed by atoms with Crippen LogP contribution in [0, 0.1) is 17.5 Å². The Morgan fingerprint density at radius 1 is 1.08 bits per heavy atom. The first-order chi connectivity index (χ1) is 18.2. The number of nitrogens with one attached hydrogen (secondary N) is 2. The molecule has 0 atom stereocenters. The van der Waals surface area contributed by atoms with Crippen molar-refractivity contribution in [3.8, 4) is 21.8 Å². The zero-order valence-electron chi connectivity index (χ0n) is 19.8. The van der Waals surface area contributed by atoms with Gasteiger partial charge in [0.1, 0.15) is 28.1 Å².